The summed E-state index contributed by atoms with van der Waals surface area (Å²) in [4.78, 5) is 22.2. The van der Waals surface area contributed by atoms with Gasteiger partial charge in [-0.3, -0.25) is 14.9 Å². The van der Waals surface area contributed by atoms with Crippen molar-refractivity contribution >= 4 is 28.9 Å². The van der Waals surface area contributed by atoms with Gasteiger partial charge in [0.2, 0.25) is 0 Å². The van der Waals surface area contributed by atoms with Crippen LogP contribution in [0.2, 0.25) is 5.02 Å². The number of para-hydroxylation sites is 1. The van der Waals surface area contributed by atoms with E-state index < -0.39 is 10.8 Å². The molecule has 2 rings (SSSR count). The normalized spacial score (nSPS) is 10.5. The van der Waals surface area contributed by atoms with Crippen LogP contribution >= 0.6 is 11.6 Å². The third kappa shape index (κ3) is 4.45. The fraction of sp³-hybridized carbons (Fsp3) is 0.235. The largest absolute Gasteiger partial charge is 0.483 e. The molecule has 0 saturated heterocycles. The number of nitro groups is 1. The molecule has 0 bridgehead atoms. The van der Waals surface area contributed by atoms with Gasteiger partial charge in [0.15, 0.2) is 6.61 Å². The number of amides is 1. The molecule has 0 atom stereocenters. The minimum atomic E-state index is -0.604. The SMILES string of the molecule is CC(C)c1ccccc1OCC(=O)Nc1ccc(Cl)c([N+](=O)[O-])c1. The lowest BCUT2D eigenvalue weighted by Crippen LogP contribution is -2.20. The molecule has 0 fully saturated rings. The maximum Gasteiger partial charge on any atom is 0.289 e. The first-order valence-electron chi connectivity index (χ1n) is 7.34. The van der Waals surface area contributed by atoms with Gasteiger partial charge in [0, 0.05) is 11.8 Å². The van der Waals surface area contributed by atoms with E-state index in [1.807, 2.05) is 32.0 Å². The number of benzene rings is 2. The Labute approximate surface area is 144 Å². The molecule has 2 aromatic carbocycles. The highest BCUT2D eigenvalue weighted by atomic mass is 35.5. The van der Waals surface area contributed by atoms with E-state index in [9.17, 15) is 14.9 Å². The Hall–Kier alpha value is -2.60. The predicted molar refractivity (Wildman–Crippen MR) is 92.8 cm³/mol. The van der Waals surface area contributed by atoms with Gasteiger partial charge in [-0.1, -0.05) is 43.6 Å². The second kappa shape index (κ2) is 7.79. The van der Waals surface area contributed by atoms with E-state index in [0.717, 1.165) is 5.56 Å². The van der Waals surface area contributed by atoms with E-state index in [1.165, 1.54) is 18.2 Å². The fourth-order valence-corrected chi connectivity index (χ4v) is 2.35. The molecule has 24 heavy (non-hydrogen) atoms. The number of nitro benzene ring substituents is 1. The summed E-state index contributed by atoms with van der Waals surface area (Å²) in [5.74, 6) is 0.498. The van der Waals surface area contributed by atoms with Gasteiger partial charge in [-0.15, -0.1) is 0 Å². The van der Waals surface area contributed by atoms with Crippen LogP contribution in [0.1, 0.15) is 25.3 Å². The summed E-state index contributed by atoms with van der Waals surface area (Å²) >= 11 is 5.74. The highest BCUT2D eigenvalue weighted by molar-refractivity contribution is 6.32. The van der Waals surface area contributed by atoms with Crippen molar-refractivity contribution in [1.82, 2.24) is 0 Å². The molecule has 7 heteroatoms. The number of halogens is 1. The van der Waals surface area contributed by atoms with E-state index in [4.69, 9.17) is 16.3 Å². The predicted octanol–water partition coefficient (Wildman–Crippen LogP) is 4.39. The molecule has 0 aliphatic heterocycles. The van der Waals surface area contributed by atoms with Crippen LogP contribution in [0.25, 0.3) is 0 Å². The highest BCUT2D eigenvalue weighted by Crippen LogP contribution is 2.28. The lowest BCUT2D eigenvalue weighted by Gasteiger charge is -2.13. The van der Waals surface area contributed by atoms with Crippen molar-refractivity contribution in [3.63, 3.8) is 0 Å². The smallest absolute Gasteiger partial charge is 0.289 e. The Morgan fingerprint density at radius 2 is 2.00 bits per heavy atom. The first-order valence-corrected chi connectivity index (χ1v) is 7.71. The Morgan fingerprint density at radius 1 is 1.29 bits per heavy atom. The van der Waals surface area contributed by atoms with Crippen molar-refractivity contribution < 1.29 is 14.5 Å². The first-order chi connectivity index (χ1) is 11.4. The number of hydrogen-bond acceptors (Lipinski definition) is 4. The van der Waals surface area contributed by atoms with Gasteiger partial charge in [-0.25, -0.2) is 0 Å². The summed E-state index contributed by atoms with van der Waals surface area (Å²) in [7, 11) is 0. The molecule has 6 nitrogen and oxygen atoms in total. The number of carbonyl (C=O) groups is 1. The molecule has 126 valence electrons. The van der Waals surface area contributed by atoms with Crippen LogP contribution in [0.3, 0.4) is 0 Å². The third-order valence-corrected chi connectivity index (χ3v) is 3.65. The second-order valence-electron chi connectivity index (χ2n) is 5.45. The van der Waals surface area contributed by atoms with Crippen LogP contribution in [0, 0.1) is 10.1 Å². The van der Waals surface area contributed by atoms with Gasteiger partial charge in [0.25, 0.3) is 11.6 Å². The average Bonchev–Trinajstić information content (AvgIpc) is 2.54. The van der Waals surface area contributed by atoms with E-state index >= 15 is 0 Å². The Balaban J connectivity index is 2.02. The molecule has 0 aliphatic carbocycles. The molecule has 2 aromatic rings. The summed E-state index contributed by atoms with van der Waals surface area (Å²) < 4.78 is 5.56. The van der Waals surface area contributed by atoms with Crippen LogP contribution in [0.15, 0.2) is 42.5 Å². The van der Waals surface area contributed by atoms with Crippen molar-refractivity contribution in [1.29, 1.82) is 0 Å². The summed E-state index contributed by atoms with van der Waals surface area (Å²) in [5, 5.41) is 13.4. The zero-order chi connectivity index (χ0) is 17.7. The number of hydrogen-bond donors (Lipinski definition) is 1. The molecule has 0 radical (unpaired) electrons. The highest BCUT2D eigenvalue weighted by Gasteiger charge is 2.14. The average molecular weight is 349 g/mol. The van der Waals surface area contributed by atoms with Crippen molar-refractivity contribution in [2.45, 2.75) is 19.8 Å². The summed E-state index contributed by atoms with van der Waals surface area (Å²) in [6.07, 6.45) is 0. The molecule has 1 amide bonds. The molecule has 1 N–H and O–H groups in total. The maximum atomic E-state index is 12.0. The van der Waals surface area contributed by atoms with Gasteiger partial charge in [-0.2, -0.15) is 0 Å². The molecule has 0 aliphatic rings. The molecule has 0 saturated carbocycles. The quantitative estimate of drug-likeness (QED) is 0.620. The minimum Gasteiger partial charge on any atom is -0.483 e. The van der Waals surface area contributed by atoms with E-state index in [2.05, 4.69) is 5.32 Å². The second-order valence-corrected chi connectivity index (χ2v) is 5.86. The Kier molecular flexibility index (Phi) is 5.76. The van der Waals surface area contributed by atoms with Gasteiger partial charge >= 0.3 is 0 Å². The number of nitrogens with one attached hydrogen (secondary N) is 1. The summed E-state index contributed by atoms with van der Waals surface area (Å²) in [6.45, 7) is 3.88. The van der Waals surface area contributed by atoms with Gasteiger partial charge in [0.1, 0.15) is 10.8 Å². The zero-order valence-electron chi connectivity index (χ0n) is 13.3. The van der Waals surface area contributed by atoms with E-state index in [-0.39, 0.29) is 28.9 Å². The van der Waals surface area contributed by atoms with Crippen molar-refractivity contribution in [2.24, 2.45) is 0 Å². The minimum absolute atomic E-state index is 0.0140. The standard InChI is InChI=1S/C17H17ClN2O4/c1-11(2)13-5-3-4-6-16(13)24-10-17(21)19-12-7-8-14(18)15(9-12)20(22)23/h3-9,11H,10H2,1-2H3,(H,19,21). The zero-order valence-corrected chi connectivity index (χ0v) is 14.0. The van der Waals surface area contributed by atoms with Crippen LogP contribution in [0.4, 0.5) is 11.4 Å². The van der Waals surface area contributed by atoms with Crippen LogP contribution in [0.5, 0.6) is 5.75 Å². The third-order valence-electron chi connectivity index (χ3n) is 3.33. The number of carbonyl (C=O) groups excluding carboxylic acids is 1. The van der Waals surface area contributed by atoms with E-state index in [1.54, 1.807) is 6.07 Å². The molecular weight excluding hydrogens is 332 g/mol. The molecule has 0 aromatic heterocycles. The monoisotopic (exact) mass is 348 g/mol. The van der Waals surface area contributed by atoms with Gasteiger partial charge in [0.05, 0.1) is 4.92 Å². The molecule has 0 heterocycles. The molecule has 0 spiro atoms. The lowest BCUT2D eigenvalue weighted by atomic mass is 10.0. The van der Waals surface area contributed by atoms with Crippen LogP contribution < -0.4 is 10.1 Å². The van der Waals surface area contributed by atoms with E-state index in [0.29, 0.717) is 5.75 Å². The Bertz CT molecular complexity index is 762. The van der Waals surface area contributed by atoms with Gasteiger partial charge in [-0.05, 0) is 29.7 Å². The summed E-state index contributed by atoms with van der Waals surface area (Å²) in [6, 6.07) is 11.6. The number of nitrogens with zero attached hydrogens (tertiary/aromatic N) is 1. The maximum absolute atomic E-state index is 12.0. The first kappa shape index (κ1) is 17.7. The topological polar surface area (TPSA) is 81.5 Å². The number of rotatable bonds is 6. The molecule has 0 unspecified atom stereocenters. The van der Waals surface area contributed by atoms with Gasteiger partial charge < -0.3 is 10.1 Å². The Morgan fingerprint density at radius 3 is 2.67 bits per heavy atom. The van der Waals surface area contributed by atoms with Crippen molar-refractivity contribution in [3.05, 3.63) is 63.2 Å². The van der Waals surface area contributed by atoms with Crippen LogP contribution in [-0.2, 0) is 4.79 Å². The van der Waals surface area contributed by atoms with Crippen molar-refractivity contribution in [3.8, 4) is 5.75 Å². The fourth-order valence-electron chi connectivity index (χ4n) is 2.16. The molecular formula is C17H17ClN2O4. The lowest BCUT2D eigenvalue weighted by molar-refractivity contribution is -0.384. The van der Waals surface area contributed by atoms with Crippen molar-refractivity contribution in [2.75, 3.05) is 11.9 Å². The number of anilines is 1. The number of ether oxygens (including phenoxy) is 1. The van der Waals surface area contributed by atoms with Crippen LogP contribution in [-0.4, -0.2) is 17.4 Å². The summed E-state index contributed by atoms with van der Waals surface area (Å²) in [5.41, 5.74) is 1.03.